The minimum atomic E-state index is -1.04. The molecule has 0 heterocycles. The lowest BCUT2D eigenvalue weighted by Gasteiger charge is -2.21. The molecule has 0 saturated heterocycles. The summed E-state index contributed by atoms with van der Waals surface area (Å²) in [7, 11) is 0. The zero-order valence-electron chi connectivity index (χ0n) is 8.62. The minimum Gasteiger partial charge on any atom is -0.480 e. The second-order valence-corrected chi connectivity index (χ2v) is 3.54. The Morgan fingerprint density at radius 1 is 1.60 bits per heavy atom. The van der Waals surface area contributed by atoms with E-state index in [4.69, 9.17) is 11.5 Å². The smallest absolute Gasteiger partial charge is 0.329 e. The Morgan fingerprint density at radius 3 is 2.53 bits per heavy atom. The fourth-order valence-corrected chi connectivity index (χ4v) is 1.24. The molecule has 5 heteroatoms. The molecule has 0 aromatic heterocycles. The molecule has 0 aromatic carbocycles. The van der Waals surface area contributed by atoms with Crippen LogP contribution in [0.3, 0.4) is 0 Å². The van der Waals surface area contributed by atoms with Crippen molar-refractivity contribution < 1.29 is 14.7 Å². The van der Waals surface area contributed by atoms with Crippen LogP contribution in [0.15, 0.2) is 0 Å². The van der Waals surface area contributed by atoms with Gasteiger partial charge in [0.2, 0.25) is 0 Å². The molecule has 1 aliphatic rings. The molecule has 0 aromatic rings. The quantitative estimate of drug-likeness (QED) is 0.654. The number of carbonyl (C=O) groups excluding carboxylic acids is 1. The van der Waals surface area contributed by atoms with Crippen molar-refractivity contribution in [2.45, 2.75) is 25.3 Å². The van der Waals surface area contributed by atoms with Crippen molar-refractivity contribution in [3.05, 3.63) is 0 Å². The number of rotatable bonds is 4. The third-order valence-electron chi connectivity index (χ3n) is 2.46. The number of carboxylic acids is 1. The van der Waals surface area contributed by atoms with Crippen LogP contribution in [0.25, 0.3) is 0 Å². The van der Waals surface area contributed by atoms with Crippen molar-refractivity contribution in [3.63, 3.8) is 0 Å². The van der Waals surface area contributed by atoms with Gasteiger partial charge in [0.15, 0.2) is 0 Å². The van der Waals surface area contributed by atoms with Crippen molar-refractivity contribution in [1.29, 1.82) is 0 Å². The summed E-state index contributed by atoms with van der Waals surface area (Å²) in [5.74, 6) is 1.37. The lowest BCUT2D eigenvalue weighted by atomic mass is 10.3. The summed E-state index contributed by atoms with van der Waals surface area (Å²) in [6.45, 7) is 2.45. The Kier molecular flexibility index (Phi) is 3.20. The number of terminal acetylenes is 1. The van der Waals surface area contributed by atoms with Gasteiger partial charge in [-0.3, -0.25) is 0 Å². The fraction of sp³-hybridized carbons (Fsp3) is 0.600. The van der Waals surface area contributed by atoms with Crippen LogP contribution < -0.4 is 5.32 Å². The molecule has 2 N–H and O–H groups in total. The standard InChI is InChI=1S/C10H14N2O3/c1-3-7-12(4-2)9(15)11-10(5-6-10)8(13)14/h1H,4-7H2,2H3,(H,11,15)(H,13,14). The topological polar surface area (TPSA) is 69.6 Å². The van der Waals surface area contributed by atoms with Crippen LogP contribution in [0.5, 0.6) is 0 Å². The molecule has 0 atom stereocenters. The molecule has 2 amide bonds. The molecule has 0 aliphatic heterocycles. The number of carbonyl (C=O) groups is 2. The van der Waals surface area contributed by atoms with E-state index in [9.17, 15) is 9.59 Å². The molecule has 82 valence electrons. The molecular weight excluding hydrogens is 196 g/mol. The van der Waals surface area contributed by atoms with Crippen LogP contribution in [0.1, 0.15) is 19.8 Å². The molecule has 1 saturated carbocycles. The van der Waals surface area contributed by atoms with Crippen molar-refractivity contribution in [2.75, 3.05) is 13.1 Å². The van der Waals surface area contributed by atoms with E-state index in [2.05, 4.69) is 11.2 Å². The van der Waals surface area contributed by atoms with Crippen LogP contribution in [-0.4, -0.2) is 40.6 Å². The van der Waals surface area contributed by atoms with Crippen LogP contribution in [0, 0.1) is 12.3 Å². The lowest BCUT2D eigenvalue weighted by Crippen LogP contribution is -2.49. The normalized spacial score (nSPS) is 16.3. The Hall–Kier alpha value is -1.70. The Balaban J connectivity index is 2.55. The van der Waals surface area contributed by atoms with E-state index in [1.165, 1.54) is 4.90 Å². The molecule has 0 bridgehead atoms. The van der Waals surface area contributed by atoms with E-state index >= 15 is 0 Å². The van der Waals surface area contributed by atoms with E-state index in [1.54, 1.807) is 6.92 Å². The van der Waals surface area contributed by atoms with Gasteiger partial charge in [-0.25, -0.2) is 9.59 Å². The van der Waals surface area contributed by atoms with Gasteiger partial charge in [-0.2, -0.15) is 0 Å². The van der Waals surface area contributed by atoms with E-state index < -0.39 is 17.5 Å². The summed E-state index contributed by atoms with van der Waals surface area (Å²) in [5.41, 5.74) is -1.04. The molecule has 1 aliphatic carbocycles. The highest BCUT2D eigenvalue weighted by atomic mass is 16.4. The van der Waals surface area contributed by atoms with Gasteiger partial charge in [0.05, 0.1) is 6.54 Å². The van der Waals surface area contributed by atoms with E-state index in [1.807, 2.05) is 0 Å². The maximum absolute atomic E-state index is 11.6. The Bertz CT molecular complexity index is 315. The average Bonchev–Trinajstić information content (AvgIpc) is 2.95. The molecule has 1 rings (SSSR count). The molecular formula is C10H14N2O3. The first-order valence-corrected chi connectivity index (χ1v) is 4.79. The number of nitrogens with zero attached hydrogens (tertiary/aromatic N) is 1. The maximum atomic E-state index is 11.6. The first-order chi connectivity index (χ1) is 7.05. The van der Waals surface area contributed by atoms with Crippen LogP contribution in [-0.2, 0) is 4.79 Å². The largest absolute Gasteiger partial charge is 0.480 e. The third-order valence-corrected chi connectivity index (χ3v) is 2.46. The minimum absolute atomic E-state index is 0.192. The predicted molar refractivity (Wildman–Crippen MR) is 54.2 cm³/mol. The highest BCUT2D eigenvalue weighted by Gasteiger charge is 2.52. The number of aliphatic carboxylic acids is 1. The van der Waals surface area contributed by atoms with Gasteiger partial charge >= 0.3 is 12.0 Å². The second kappa shape index (κ2) is 4.22. The zero-order chi connectivity index (χ0) is 11.5. The Labute approximate surface area is 88.4 Å². The van der Waals surface area contributed by atoms with Crippen LogP contribution >= 0.6 is 0 Å². The van der Waals surface area contributed by atoms with E-state index in [-0.39, 0.29) is 6.54 Å². The van der Waals surface area contributed by atoms with Gasteiger partial charge in [-0.1, -0.05) is 5.92 Å². The number of urea groups is 1. The molecule has 0 spiro atoms. The number of hydrogen-bond donors (Lipinski definition) is 2. The van der Waals surface area contributed by atoms with Crippen LogP contribution in [0.2, 0.25) is 0 Å². The molecule has 0 unspecified atom stereocenters. The van der Waals surface area contributed by atoms with Gasteiger partial charge < -0.3 is 15.3 Å². The molecule has 0 radical (unpaired) electrons. The summed E-state index contributed by atoms with van der Waals surface area (Å²) in [5, 5.41) is 11.4. The Morgan fingerprint density at radius 2 is 2.20 bits per heavy atom. The van der Waals surface area contributed by atoms with Crippen molar-refractivity contribution in [2.24, 2.45) is 0 Å². The summed E-state index contributed by atoms with van der Waals surface area (Å²) in [6, 6.07) is -0.407. The number of nitrogens with one attached hydrogen (secondary N) is 1. The number of carboxylic acid groups (broad SMARTS) is 1. The van der Waals surface area contributed by atoms with Gasteiger partial charge in [0, 0.05) is 6.54 Å². The lowest BCUT2D eigenvalue weighted by molar-refractivity contribution is -0.140. The predicted octanol–water partition coefficient (Wildman–Crippen LogP) is 0.268. The summed E-state index contributed by atoms with van der Waals surface area (Å²) in [6.07, 6.45) is 6.07. The molecule has 5 nitrogen and oxygen atoms in total. The van der Waals surface area contributed by atoms with E-state index in [0.717, 1.165) is 0 Å². The first-order valence-electron chi connectivity index (χ1n) is 4.79. The number of amides is 2. The molecule has 1 fully saturated rings. The SMILES string of the molecule is C#CCN(CC)C(=O)NC1(C(=O)O)CC1. The van der Waals surface area contributed by atoms with Gasteiger partial charge in [-0.05, 0) is 19.8 Å². The van der Waals surface area contributed by atoms with E-state index in [0.29, 0.717) is 19.4 Å². The van der Waals surface area contributed by atoms with Crippen LogP contribution in [0.4, 0.5) is 4.79 Å². The van der Waals surface area contributed by atoms with Crippen molar-refractivity contribution >= 4 is 12.0 Å². The number of hydrogen-bond acceptors (Lipinski definition) is 2. The highest BCUT2D eigenvalue weighted by Crippen LogP contribution is 2.35. The zero-order valence-corrected chi connectivity index (χ0v) is 8.62. The fourth-order valence-electron chi connectivity index (χ4n) is 1.24. The van der Waals surface area contributed by atoms with Gasteiger partial charge in [0.25, 0.3) is 0 Å². The first kappa shape index (κ1) is 11.4. The highest BCUT2D eigenvalue weighted by molar-refractivity contribution is 5.89. The summed E-state index contributed by atoms with van der Waals surface area (Å²) >= 11 is 0. The summed E-state index contributed by atoms with van der Waals surface area (Å²) in [4.78, 5) is 23.8. The van der Waals surface area contributed by atoms with Crippen molar-refractivity contribution in [3.8, 4) is 12.3 Å². The monoisotopic (exact) mass is 210 g/mol. The maximum Gasteiger partial charge on any atom is 0.329 e. The average molecular weight is 210 g/mol. The summed E-state index contributed by atoms with van der Waals surface area (Å²) < 4.78 is 0. The second-order valence-electron chi connectivity index (χ2n) is 3.54. The van der Waals surface area contributed by atoms with Gasteiger partial charge in [-0.15, -0.1) is 6.42 Å². The van der Waals surface area contributed by atoms with Crippen molar-refractivity contribution in [1.82, 2.24) is 10.2 Å². The van der Waals surface area contributed by atoms with Gasteiger partial charge in [0.1, 0.15) is 5.54 Å². The molecule has 15 heavy (non-hydrogen) atoms. The third kappa shape index (κ3) is 2.40.